The van der Waals surface area contributed by atoms with Crippen LogP contribution in [0.5, 0.6) is 0 Å². The van der Waals surface area contributed by atoms with Crippen molar-refractivity contribution in [3.05, 3.63) is 28.3 Å². The molecule has 8 heteroatoms. The highest BCUT2D eigenvalue weighted by atomic mass is 32.2. The lowest BCUT2D eigenvalue weighted by atomic mass is 10.1. The number of benzene rings is 1. The molecular weight excluding hydrogens is 294 g/mol. The summed E-state index contributed by atoms with van der Waals surface area (Å²) in [7, 11) is -2.14. The SMILES string of the molecule is CNc1ccc(S(=O)(=O)N2CC(C)CC2C)cc1[N+](=O)[O-]. The van der Waals surface area contributed by atoms with Crippen molar-refractivity contribution in [2.24, 2.45) is 5.92 Å². The molecule has 1 heterocycles. The van der Waals surface area contributed by atoms with E-state index in [2.05, 4.69) is 5.32 Å². The van der Waals surface area contributed by atoms with Crippen LogP contribution in [0.15, 0.2) is 23.1 Å². The zero-order valence-corrected chi connectivity index (χ0v) is 13.1. The summed E-state index contributed by atoms with van der Waals surface area (Å²) in [6.07, 6.45) is 0.802. The van der Waals surface area contributed by atoms with Crippen LogP contribution in [0.3, 0.4) is 0 Å². The van der Waals surface area contributed by atoms with Crippen molar-refractivity contribution in [3.63, 3.8) is 0 Å². The number of anilines is 1. The summed E-state index contributed by atoms with van der Waals surface area (Å²) in [4.78, 5) is 10.4. The molecule has 0 spiro atoms. The molecule has 2 rings (SSSR count). The number of nitrogens with one attached hydrogen (secondary N) is 1. The summed E-state index contributed by atoms with van der Waals surface area (Å²) in [5, 5.41) is 13.7. The predicted octanol–water partition coefficient (Wildman–Crippen LogP) is 2.06. The molecule has 7 nitrogen and oxygen atoms in total. The van der Waals surface area contributed by atoms with Crippen LogP contribution in [-0.4, -0.2) is 37.3 Å². The topological polar surface area (TPSA) is 92.6 Å². The van der Waals surface area contributed by atoms with E-state index in [1.807, 2.05) is 13.8 Å². The van der Waals surface area contributed by atoms with E-state index in [9.17, 15) is 18.5 Å². The lowest BCUT2D eigenvalue weighted by Gasteiger charge is -2.21. The zero-order valence-electron chi connectivity index (χ0n) is 12.2. The standard InChI is InChI=1S/C13H19N3O4S/c1-9-6-10(2)15(8-9)21(19,20)11-4-5-12(14-3)13(7-11)16(17)18/h4-5,7,9-10,14H,6,8H2,1-3H3. The molecular formula is C13H19N3O4S. The number of sulfonamides is 1. The van der Waals surface area contributed by atoms with Gasteiger partial charge in [-0.1, -0.05) is 6.92 Å². The third kappa shape index (κ3) is 2.86. The Morgan fingerprint density at radius 2 is 2.05 bits per heavy atom. The van der Waals surface area contributed by atoms with E-state index in [4.69, 9.17) is 0 Å². The lowest BCUT2D eigenvalue weighted by Crippen LogP contribution is -2.34. The number of hydrogen-bond acceptors (Lipinski definition) is 5. The van der Waals surface area contributed by atoms with Crippen molar-refractivity contribution in [2.45, 2.75) is 31.2 Å². The van der Waals surface area contributed by atoms with Gasteiger partial charge in [0.15, 0.2) is 0 Å². The molecule has 1 aliphatic rings. The maximum Gasteiger partial charge on any atom is 0.293 e. The Kier molecular flexibility index (Phi) is 4.20. The smallest absolute Gasteiger partial charge is 0.293 e. The maximum atomic E-state index is 12.6. The van der Waals surface area contributed by atoms with Crippen LogP contribution >= 0.6 is 0 Å². The first-order valence-corrected chi connectivity index (χ1v) is 8.19. The van der Waals surface area contributed by atoms with Gasteiger partial charge in [0.05, 0.1) is 9.82 Å². The predicted molar refractivity (Wildman–Crippen MR) is 79.8 cm³/mol. The van der Waals surface area contributed by atoms with Crippen LogP contribution < -0.4 is 5.32 Å². The van der Waals surface area contributed by atoms with Crippen molar-refractivity contribution in [1.29, 1.82) is 0 Å². The number of nitro benzene ring substituents is 1. The van der Waals surface area contributed by atoms with Gasteiger partial charge in [0.2, 0.25) is 10.0 Å². The second kappa shape index (κ2) is 5.61. The highest BCUT2D eigenvalue weighted by molar-refractivity contribution is 7.89. The Morgan fingerprint density at radius 1 is 1.38 bits per heavy atom. The molecule has 1 aromatic carbocycles. The molecule has 0 amide bonds. The van der Waals surface area contributed by atoms with Crippen molar-refractivity contribution < 1.29 is 13.3 Å². The Balaban J connectivity index is 2.46. The molecule has 0 radical (unpaired) electrons. The van der Waals surface area contributed by atoms with Crippen molar-refractivity contribution >= 4 is 21.4 Å². The van der Waals surface area contributed by atoms with Gasteiger partial charge in [-0.05, 0) is 31.4 Å². The fraction of sp³-hybridized carbons (Fsp3) is 0.538. The van der Waals surface area contributed by atoms with Gasteiger partial charge >= 0.3 is 0 Å². The van der Waals surface area contributed by atoms with Gasteiger partial charge in [-0.25, -0.2) is 8.42 Å². The summed E-state index contributed by atoms with van der Waals surface area (Å²) in [5.74, 6) is 0.293. The highest BCUT2D eigenvalue weighted by Gasteiger charge is 2.36. The molecule has 0 saturated carbocycles. The first kappa shape index (κ1) is 15.7. The maximum absolute atomic E-state index is 12.6. The number of nitro groups is 1. The molecule has 0 aromatic heterocycles. The third-order valence-electron chi connectivity index (χ3n) is 3.77. The first-order chi connectivity index (χ1) is 9.77. The van der Waals surface area contributed by atoms with Gasteiger partial charge < -0.3 is 5.32 Å². The van der Waals surface area contributed by atoms with Crippen LogP contribution in [0, 0.1) is 16.0 Å². The normalized spacial score (nSPS) is 23.2. The van der Waals surface area contributed by atoms with Gasteiger partial charge in [0.25, 0.3) is 5.69 Å². The van der Waals surface area contributed by atoms with Crippen LogP contribution in [0.25, 0.3) is 0 Å². The third-order valence-corrected chi connectivity index (χ3v) is 5.74. The summed E-state index contributed by atoms with van der Waals surface area (Å²) >= 11 is 0. The van der Waals surface area contributed by atoms with Gasteiger partial charge in [-0.2, -0.15) is 4.31 Å². The average Bonchev–Trinajstić information content (AvgIpc) is 2.77. The van der Waals surface area contributed by atoms with Crippen LogP contribution in [0.2, 0.25) is 0 Å². The van der Waals surface area contributed by atoms with Crippen molar-refractivity contribution in [2.75, 3.05) is 18.9 Å². The second-order valence-corrected chi connectivity index (χ2v) is 7.34. The second-order valence-electron chi connectivity index (χ2n) is 5.45. The molecule has 1 fully saturated rings. The van der Waals surface area contributed by atoms with Crippen molar-refractivity contribution in [3.8, 4) is 0 Å². The van der Waals surface area contributed by atoms with E-state index in [1.165, 1.54) is 16.4 Å². The number of rotatable bonds is 4. The molecule has 2 atom stereocenters. The fourth-order valence-electron chi connectivity index (χ4n) is 2.77. The quantitative estimate of drug-likeness (QED) is 0.678. The van der Waals surface area contributed by atoms with Gasteiger partial charge in [0, 0.05) is 25.7 Å². The molecule has 1 aromatic rings. The monoisotopic (exact) mass is 313 g/mol. The van der Waals surface area contributed by atoms with Gasteiger partial charge in [0.1, 0.15) is 5.69 Å². The Morgan fingerprint density at radius 3 is 2.52 bits per heavy atom. The van der Waals surface area contributed by atoms with Crippen molar-refractivity contribution in [1.82, 2.24) is 4.31 Å². The van der Waals surface area contributed by atoms with E-state index in [-0.39, 0.29) is 16.6 Å². The summed E-state index contributed by atoms with van der Waals surface area (Å²) < 4.78 is 26.7. The molecule has 1 saturated heterocycles. The summed E-state index contributed by atoms with van der Waals surface area (Å²) in [5.41, 5.74) is 0.0558. The Labute approximate surface area is 124 Å². The fourth-order valence-corrected chi connectivity index (χ4v) is 4.55. The van der Waals surface area contributed by atoms with Crippen LogP contribution in [0.4, 0.5) is 11.4 Å². The van der Waals surface area contributed by atoms with Gasteiger partial charge in [-0.3, -0.25) is 10.1 Å². The summed E-state index contributed by atoms with van der Waals surface area (Å²) in [6.45, 7) is 4.31. The average molecular weight is 313 g/mol. The number of hydrogen-bond donors (Lipinski definition) is 1. The highest BCUT2D eigenvalue weighted by Crippen LogP contribution is 2.32. The van der Waals surface area contributed by atoms with E-state index < -0.39 is 14.9 Å². The number of nitrogens with zero attached hydrogens (tertiary/aromatic N) is 2. The summed E-state index contributed by atoms with van der Waals surface area (Å²) in [6, 6.07) is 3.86. The molecule has 0 aliphatic carbocycles. The largest absolute Gasteiger partial charge is 0.383 e. The Hall–Kier alpha value is -1.67. The molecule has 2 unspecified atom stereocenters. The van der Waals surface area contributed by atoms with Crippen LogP contribution in [0.1, 0.15) is 20.3 Å². The minimum Gasteiger partial charge on any atom is -0.383 e. The molecule has 1 aliphatic heterocycles. The van der Waals surface area contributed by atoms with E-state index >= 15 is 0 Å². The van der Waals surface area contributed by atoms with Crippen LogP contribution in [-0.2, 0) is 10.0 Å². The van der Waals surface area contributed by atoms with E-state index in [0.717, 1.165) is 12.5 Å². The van der Waals surface area contributed by atoms with Gasteiger partial charge in [-0.15, -0.1) is 0 Å². The first-order valence-electron chi connectivity index (χ1n) is 6.75. The van der Waals surface area contributed by atoms with E-state index in [0.29, 0.717) is 18.2 Å². The minimum atomic E-state index is -3.70. The minimum absolute atomic E-state index is 0.0332. The zero-order chi connectivity index (χ0) is 15.8. The molecule has 21 heavy (non-hydrogen) atoms. The molecule has 1 N–H and O–H groups in total. The Bertz CT molecular complexity index is 659. The molecule has 0 bridgehead atoms. The van der Waals surface area contributed by atoms with E-state index in [1.54, 1.807) is 7.05 Å². The molecule has 116 valence electrons. The lowest BCUT2D eigenvalue weighted by molar-refractivity contribution is -0.384.